The Bertz CT molecular complexity index is 196. The minimum absolute atomic E-state index is 0.0714. The Balaban J connectivity index is 2.68. The third-order valence-corrected chi connectivity index (χ3v) is 3.25. The summed E-state index contributed by atoms with van der Waals surface area (Å²) in [4.78, 5) is 11.9. The maximum Gasteiger partial charge on any atom is 0.326 e. The molecule has 1 aliphatic carbocycles. The second kappa shape index (κ2) is 6.11. The van der Waals surface area contributed by atoms with E-state index >= 15 is 0 Å². The summed E-state index contributed by atoms with van der Waals surface area (Å²) in [5.41, 5.74) is -0.388. The van der Waals surface area contributed by atoms with Gasteiger partial charge in [-0.2, -0.15) is 0 Å². The molecule has 0 saturated heterocycles. The standard InChI is InChI=1S/C12H23NO2/c1-3-10-13-12(11(14)15-2)8-6-4-5-7-9-12/h13H,3-10H2,1-2H3. The fraction of sp³-hybridized carbons (Fsp3) is 0.917. The summed E-state index contributed by atoms with van der Waals surface area (Å²) in [5, 5.41) is 3.40. The lowest BCUT2D eigenvalue weighted by Gasteiger charge is -2.30. The van der Waals surface area contributed by atoms with Gasteiger partial charge in [-0.05, 0) is 25.8 Å². The van der Waals surface area contributed by atoms with E-state index in [4.69, 9.17) is 4.74 Å². The van der Waals surface area contributed by atoms with Crippen LogP contribution in [0.15, 0.2) is 0 Å². The molecule has 0 radical (unpaired) electrons. The van der Waals surface area contributed by atoms with Crippen LogP contribution in [0.5, 0.6) is 0 Å². The zero-order valence-electron chi connectivity index (χ0n) is 9.97. The van der Waals surface area contributed by atoms with Crippen LogP contribution in [0.4, 0.5) is 0 Å². The summed E-state index contributed by atoms with van der Waals surface area (Å²) in [7, 11) is 1.49. The molecule has 0 spiro atoms. The van der Waals surface area contributed by atoms with E-state index in [2.05, 4.69) is 12.2 Å². The van der Waals surface area contributed by atoms with E-state index < -0.39 is 0 Å². The summed E-state index contributed by atoms with van der Waals surface area (Å²) in [6, 6.07) is 0. The number of esters is 1. The Morgan fingerprint density at radius 2 is 1.87 bits per heavy atom. The number of carbonyl (C=O) groups excluding carboxylic acids is 1. The maximum absolute atomic E-state index is 11.9. The van der Waals surface area contributed by atoms with Gasteiger partial charge in [-0.15, -0.1) is 0 Å². The minimum atomic E-state index is -0.388. The van der Waals surface area contributed by atoms with Gasteiger partial charge in [-0.25, -0.2) is 0 Å². The topological polar surface area (TPSA) is 38.3 Å². The summed E-state index contributed by atoms with van der Waals surface area (Å²) < 4.78 is 4.94. The molecule has 0 heterocycles. The zero-order valence-corrected chi connectivity index (χ0v) is 9.97. The quantitative estimate of drug-likeness (QED) is 0.575. The van der Waals surface area contributed by atoms with Crippen molar-refractivity contribution in [2.75, 3.05) is 13.7 Å². The van der Waals surface area contributed by atoms with Crippen LogP contribution in [0.25, 0.3) is 0 Å². The number of carbonyl (C=O) groups is 1. The van der Waals surface area contributed by atoms with Gasteiger partial charge in [0.2, 0.25) is 0 Å². The number of rotatable bonds is 4. The van der Waals surface area contributed by atoms with E-state index in [1.165, 1.54) is 20.0 Å². The lowest BCUT2D eigenvalue weighted by molar-refractivity contribution is -0.149. The third kappa shape index (κ3) is 3.20. The van der Waals surface area contributed by atoms with Crippen LogP contribution < -0.4 is 5.32 Å². The van der Waals surface area contributed by atoms with Crippen molar-refractivity contribution >= 4 is 5.97 Å². The Labute approximate surface area is 92.6 Å². The van der Waals surface area contributed by atoms with E-state index in [0.717, 1.165) is 38.6 Å². The SMILES string of the molecule is CCCNC1(C(=O)OC)CCCCCC1. The molecular weight excluding hydrogens is 190 g/mol. The van der Waals surface area contributed by atoms with Gasteiger partial charge in [0.15, 0.2) is 0 Å². The first-order valence-corrected chi connectivity index (χ1v) is 6.08. The fourth-order valence-corrected chi connectivity index (χ4v) is 2.34. The lowest BCUT2D eigenvalue weighted by Crippen LogP contribution is -2.52. The Morgan fingerprint density at radius 3 is 2.33 bits per heavy atom. The second-order valence-electron chi connectivity index (χ2n) is 4.41. The first-order chi connectivity index (χ1) is 7.25. The van der Waals surface area contributed by atoms with E-state index in [-0.39, 0.29) is 11.5 Å². The molecule has 3 heteroatoms. The largest absolute Gasteiger partial charge is 0.468 e. The smallest absolute Gasteiger partial charge is 0.326 e. The molecule has 0 aromatic rings. The molecular formula is C12H23NO2. The van der Waals surface area contributed by atoms with Gasteiger partial charge in [0.25, 0.3) is 0 Å². The zero-order chi connectivity index (χ0) is 11.1. The molecule has 88 valence electrons. The van der Waals surface area contributed by atoms with Crippen molar-refractivity contribution in [2.45, 2.75) is 57.4 Å². The number of hydrogen-bond donors (Lipinski definition) is 1. The summed E-state index contributed by atoms with van der Waals surface area (Å²) in [6.45, 7) is 3.02. The average Bonchev–Trinajstić information content (AvgIpc) is 2.51. The van der Waals surface area contributed by atoms with Gasteiger partial charge in [0.1, 0.15) is 5.54 Å². The highest BCUT2D eigenvalue weighted by Crippen LogP contribution is 2.28. The summed E-state index contributed by atoms with van der Waals surface area (Å²) >= 11 is 0. The van der Waals surface area contributed by atoms with Gasteiger partial charge in [0, 0.05) is 0 Å². The molecule has 0 unspecified atom stereocenters. The van der Waals surface area contributed by atoms with E-state index in [0.29, 0.717) is 0 Å². The van der Waals surface area contributed by atoms with Gasteiger partial charge < -0.3 is 10.1 Å². The number of nitrogens with one attached hydrogen (secondary N) is 1. The number of ether oxygens (including phenoxy) is 1. The Hall–Kier alpha value is -0.570. The van der Waals surface area contributed by atoms with E-state index in [1.807, 2.05) is 0 Å². The number of hydrogen-bond acceptors (Lipinski definition) is 3. The summed E-state index contributed by atoms with van der Waals surface area (Å²) in [5.74, 6) is -0.0714. The molecule has 3 nitrogen and oxygen atoms in total. The predicted octanol–water partition coefficient (Wildman–Crippen LogP) is 2.25. The lowest BCUT2D eigenvalue weighted by atomic mass is 9.90. The molecule has 1 saturated carbocycles. The average molecular weight is 213 g/mol. The van der Waals surface area contributed by atoms with Crippen LogP contribution in [0.2, 0.25) is 0 Å². The van der Waals surface area contributed by atoms with Gasteiger partial charge in [0.05, 0.1) is 7.11 Å². The van der Waals surface area contributed by atoms with Gasteiger partial charge in [-0.3, -0.25) is 4.79 Å². The molecule has 1 aliphatic rings. The van der Waals surface area contributed by atoms with Crippen molar-refractivity contribution in [3.05, 3.63) is 0 Å². The first kappa shape index (κ1) is 12.5. The van der Waals surface area contributed by atoms with Crippen LogP contribution in [0, 0.1) is 0 Å². The highest BCUT2D eigenvalue weighted by molar-refractivity contribution is 5.80. The first-order valence-electron chi connectivity index (χ1n) is 6.08. The normalized spacial score (nSPS) is 20.7. The molecule has 1 fully saturated rings. The maximum atomic E-state index is 11.9. The fourth-order valence-electron chi connectivity index (χ4n) is 2.34. The van der Waals surface area contributed by atoms with Crippen molar-refractivity contribution < 1.29 is 9.53 Å². The monoisotopic (exact) mass is 213 g/mol. The molecule has 15 heavy (non-hydrogen) atoms. The van der Waals surface area contributed by atoms with Gasteiger partial charge >= 0.3 is 5.97 Å². The van der Waals surface area contributed by atoms with Crippen molar-refractivity contribution in [1.29, 1.82) is 0 Å². The van der Waals surface area contributed by atoms with Crippen molar-refractivity contribution in [1.82, 2.24) is 5.32 Å². The predicted molar refractivity (Wildman–Crippen MR) is 60.7 cm³/mol. The highest BCUT2D eigenvalue weighted by Gasteiger charge is 2.38. The molecule has 0 aromatic heterocycles. The van der Waals surface area contributed by atoms with E-state index in [9.17, 15) is 4.79 Å². The van der Waals surface area contributed by atoms with Crippen LogP contribution >= 0.6 is 0 Å². The minimum Gasteiger partial charge on any atom is -0.468 e. The van der Waals surface area contributed by atoms with Crippen LogP contribution in [-0.2, 0) is 9.53 Å². The highest BCUT2D eigenvalue weighted by atomic mass is 16.5. The Morgan fingerprint density at radius 1 is 1.27 bits per heavy atom. The summed E-state index contributed by atoms with van der Waals surface area (Å²) in [6.07, 6.45) is 7.66. The van der Waals surface area contributed by atoms with Crippen LogP contribution in [-0.4, -0.2) is 25.2 Å². The number of methoxy groups -OCH3 is 1. The molecule has 0 aromatic carbocycles. The van der Waals surface area contributed by atoms with Crippen LogP contribution in [0.3, 0.4) is 0 Å². The molecule has 1 rings (SSSR count). The van der Waals surface area contributed by atoms with E-state index in [1.54, 1.807) is 0 Å². The van der Waals surface area contributed by atoms with Crippen molar-refractivity contribution in [3.63, 3.8) is 0 Å². The van der Waals surface area contributed by atoms with Crippen molar-refractivity contribution in [3.8, 4) is 0 Å². The van der Waals surface area contributed by atoms with Gasteiger partial charge in [-0.1, -0.05) is 32.6 Å². The molecule has 0 atom stereocenters. The second-order valence-corrected chi connectivity index (χ2v) is 4.41. The van der Waals surface area contributed by atoms with Crippen LogP contribution in [0.1, 0.15) is 51.9 Å². The van der Waals surface area contributed by atoms with Crippen molar-refractivity contribution in [2.24, 2.45) is 0 Å². The Kier molecular flexibility index (Phi) is 5.09. The molecule has 1 N–H and O–H groups in total. The third-order valence-electron chi connectivity index (χ3n) is 3.25. The molecule has 0 amide bonds. The molecule has 0 bridgehead atoms. The molecule has 0 aliphatic heterocycles.